The molecule has 0 aliphatic rings. The molecule has 0 amide bonds. The Morgan fingerprint density at radius 3 is 1.51 bits per heavy atom. The van der Waals surface area contributed by atoms with Crippen molar-refractivity contribution >= 4 is 0 Å². The van der Waals surface area contributed by atoms with Crippen LogP contribution in [0.25, 0.3) is 11.4 Å². The highest BCUT2D eigenvalue weighted by Crippen LogP contribution is 2.18. The van der Waals surface area contributed by atoms with Crippen LogP contribution in [-0.2, 0) is 12.8 Å². The monoisotopic (exact) mass is 478 g/mol. The van der Waals surface area contributed by atoms with Gasteiger partial charge < -0.3 is 0 Å². The summed E-state index contributed by atoms with van der Waals surface area (Å²) in [5.74, 6) is 1.69. The molecule has 196 valence electrons. The van der Waals surface area contributed by atoms with E-state index in [1.165, 1.54) is 127 Å². The van der Waals surface area contributed by atoms with Crippen molar-refractivity contribution in [1.29, 1.82) is 0 Å². The SMILES string of the molecule is CCCCCCCCCCCCCCc1cnc(-c2ccc(CCCCCCC(C)C)cc2)nc1. The molecular formula is C33H54N2. The second-order valence-corrected chi connectivity index (χ2v) is 11.1. The first-order valence-corrected chi connectivity index (χ1v) is 15.1. The Kier molecular flexibility index (Phi) is 16.4. The smallest absolute Gasteiger partial charge is 0.159 e. The molecule has 1 aromatic carbocycles. The normalized spacial score (nSPS) is 11.4. The van der Waals surface area contributed by atoms with Crippen molar-refractivity contribution in [2.24, 2.45) is 5.92 Å². The van der Waals surface area contributed by atoms with Crippen molar-refractivity contribution in [1.82, 2.24) is 9.97 Å². The number of hydrogen-bond acceptors (Lipinski definition) is 2. The Morgan fingerprint density at radius 2 is 1.00 bits per heavy atom. The van der Waals surface area contributed by atoms with Gasteiger partial charge in [0, 0.05) is 18.0 Å². The van der Waals surface area contributed by atoms with Crippen LogP contribution in [0.2, 0.25) is 0 Å². The highest BCUT2D eigenvalue weighted by Gasteiger charge is 2.03. The lowest BCUT2D eigenvalue weighted by atomic mass is 10.0. The molecule has 0 fully saturated rings. The van der Waals surface area contributed by atoms with E-state index in [0.717, 1.165) is 23.7 Å². The molecule has 35 heavy (non-hydrogen) atoms. The van der Waals surface area contributed by atoms with Gasteiger partial charge in [-0.05, 0) is 42.7 Å². The van der Waals surface area contributed by atoms with Crippen LogP contribution in [0.15, 0.2) is 36.7 Å². The van der Waals surface area contributed by atoms with Crippen LogP contribution in [0.1, 0.15) is 141 Å². The van der Waals surface area contributed by atoms with E-state index in [1.54, 1.807) is 0 Å². The van der Waals surface area contributed by atoms with E-state index >= 15 is 0 Å². The number of aryl methyl sites for hydroxylation is 2. The van der Waals surface area contributed by atoms with Crippen molar-refractivity contribution < 1.29 is 0 Å². The number of nitrogens with zero attached hydrogens (tertiary/aromatic N) is 2. The number of hydrogen-bond donors (Lipinski definition) is 0. The second kappa shape index (κ2) is 19.5. The van der Waals surface area contributed by atoms with E-state index in [2.05, 4.69) is 55.0 Å². The minimum Gasteiger partial charge on any atom is -0.236 e. The first-order chi connectivity index (χ1) is 17.2. The summed E-state index contributed by atoms with van der Waals surface area (Å²) in [7, 11) is 0. The van der Waals surface area contributed by atoms with Gasteiger partial charge in [0.15, 0.2) is 5.82 Å². The number of unbranched alkanes of at least 4 members (excludes halogenated alkanes) is 14. The average Bonchev–Trinajstić information content (AvgIpc) is 2.87. The lowest BCUT2D eigenvalue weighted by Crippen LogP contribution is -1.94. The third-order valence-corrected chi connectivity index (χ3v) is 7.23. The maximum atomic E-state index is 4.65. The van der Waals surface area contributed by atoms with Crippen LogP contribution in [0.5, 0.6) is 0 Å². The molecule has 0 aliphatic carbocycles. The van der Waals surface area contributed by atoms with Gasteiger partial charge in [0.2, 0.25) is 0 Å². The number of benzene rings is 1. The molecule has 2 aromatic rings. The molecule has 0 atom stereocenters. The summed E-state index contributed by atoms with van der Waals surface area (Å²) in [5, 5.41) is 0. The molecule has 0 bridgehead atoms. The van der Waals surface area contributed by atoms with Gasteiger partial charge in [0.05, 0.1) is 0 Å². The quantitative estimate of drug-likeness (QED) is 0.167. The third-order valence-electron chi connectivity index (χ3n) is 7.23. The summed E-state index contributed by atoms with van der Waals surface area (Å²) in [5.41, 5.74) is 3.83. The van der Waals surface area contributed by atoms with Gasteiger partial charge in [-0.3, -0.25) is 0 Å². The fourth-order valence-electron chi connectivity index (χ4n) is 4.86. The largest absolute Gasteiger partial charge is 0.236 e. The van der Waals surface area contributed by atoms with Crippen molar-refractivity contribution in [3.63, 3.8) is 0 Å². The van der Waals surface area contributed by atoms with Gasteiger partial charge in [-0.2, -0.15) is 0 Å². The molecule has 0 saturated heterocycles. The van der Waals surface area contributed by atoms with Crippen LogP contribution in [0.3, 0.4) is 0 Å². The molecule has 0 unspecified atom stereocenters. The van der Waals surface area contributed by atoms with Crippen molar-refractivity contribution in [3.8, 4) is 11.4 Å². The Morgan fingerprint density at radius 1 is 0.543 bits per heavy atom. The van der Waals surface area contributed by atoms with Gasteiger partial charge in [-0.25, -0.2) is 9.97 Å². The summed E-state index contributed by atoms with van der Waals surface area (Å²) < 4.78 is 0. The molecule has 2 nitrogen and oxygen atoms in total. The van der Waals surface area contributed by atoms with E-state index in [1.807, 2.05) is 12.4 Å². The first-order valence-electron chi connectivity index (χ1n) is 15.1. The Balaban J connectivity index is 1.54. The molecule has 1 heterocycles. The van der Waals surface area contributed by atoms with Crippen LogP contribution in [0, 0.1) is 5.92 Å². The molecule has 1 aromatic heterocycles. The fourth-order valence-corrected chi connectivity index (χ4v) is 4.86. The molecule has 0 saturated carbocycles. The number of rotatable bonds is 21. The van der Waals surface area contributed by atoms with Crippen molar-refractivity contribution in [2.45, 2.75) is 143 Å². The molecular weight excluding hydrogens is 424 g/mol. The zero-order valence-corrected chi connectivity index (χ0v) is 23.4. The van der Waals surface area contributed by atoms with Crippen molar-refractivity contribution in [3.05, 3.63) is 47.8 Å². The number of aromatic nitrogens is 2. The van der Waals surface area contributed by atoms with Crippen LogP contribution < -0.4 is 0 Å². The molecule has 2 rings (SSSR count). The van der Waals surface area contributed by atoms with Crippen LogP contribution >= 0.6 is 0 Å². The molecule has 0 spiro atoms. The Bertz CT molecular complexity index is 733. The zero-order chi connectivity index (χ0) is 25.0. The van der Waals surface area contributed by atoms with E-state index < -0.39 is 0 Å². The average molecular weight is 479 g/mol. The van der Waals surface area contributed by atoms with Crippen LogP contribution in [-0.4, -0.2) is 9.97 Å². The Labute approximate surface area is 217 Å². The summed E-state index contributed by atoms with van der Waals surface area (Å²) in [4.78, 5) is 9.31. The minimum atomic E-state index is 0.841. The Hall–Kier alpha value is -1.70. The lowest BCUT2D eigenvalue weighted by molar-refractivity contribution is 0.520. The minimum absolute atomic E-state index is 0.841. The predicted octanol–water partition coefficient (Wildman–Crippen LogP) is 10.5. The molecule has 0 aliphatic heterocycles. The van der Waals surface area contributed by atoms with E-state index in [9.17, 15) is 0 Å². The maximum absolute atomic E-state index is 4.65. The molecule has 2 heteroatoms. The van der Waals surface area contributed by atoms with Gasteiger partial charge >= 0.3 is 0 Å². The van der Waals surface area contributed by atoms with Crippen molar-refractivity contribution in [2.75, 3.05) is 0 Å². The van der Waals surface area contributed by atoms with E-state index in [-0.39, 0.29) is 0 Å². The molecule has 0 radical (unpaired) electrons. The van der Waals surface area contributed by atoms with Gasteiger partial charge in [-0.15, -0.1) is 0 Å². The second-order valence-electron chi connectivity index (χ2n) is 11.1. The highest BCUT2D eigenvalue weighted by molar-refractivity contribution is 5.55. The van der Waals surface area contributed by atoms with E-state index in [4.69, 9.17) is 0 Å². The van der Waals surface area contributed by atoms with Crippen LogP contribution in [0.4, 0.5) is 0 Å². The third kappa shape index (κ3) is 14.5. The summed E-state index contributed by atoms with van der Waals surface area (Å²) >= 11 is 0. The summed E-state index contributed by atoms with van der Waals surface area (Å²) in [6, 6.07) is 8.89. The summed E-state index contributed by atoms with van der Waals surface area (Å²) in [6.45, 7) is 6.93. The zero-order valence-electron chi connectivity index (χ0n) is 23.4. The standard InChI is InChI=1S/C33H54N2/c1-4-5-6-7-8-9-10-11-12-13-14-19-22-31-27-34-33(35-28-31)32-25-23-30(24-26-32)21-18-16-15-17-20-29(2)3/h23-29H,4-22H2,1-3H3. The lowest BCUT2D eigenvalue weighted by Gasteiger charge is -2.06. The van der Waals surface area contributed by atoms with Gasteiger partial charge in [0.1, 0.15) is 0 Å². The highest BCUT2D eigenvalue weighted by atomic mass is 14.9. The first kappa shape index (κ1) is 29.5. The topological polar surface area (TPSA) is 25.8 Å². The van der Waals surface area contributed by atoms with Gasteiger partial charge in [0.25, 0.3) is 0 Å². The fraction of sp³-hybridized carbons (Fsp3) is 0.697. The summed E-state index contributed by atoms with van der Waals surface area (Å²) in [6.07, 6.45) is 29.9. The van der Waals surface area contributed by atoms with E-state index in [0.29, 0.717) is 0 Å². The molecule has 0 N–H and O–H groups in total. The van der Waals surface area contributed by atoms with Gasteiger partial charge in [-0.1, -0.05) is 141 Å². The predicted molar refractivity (Wildman–Crippen MR) is 154 cm³/mol. The maximum Gasteiger partial charge on any atom is 0.159 e.